The Bertz CT molecular complexity index is 1340. The van der Waals surface area contributed by atoms with E-state index >= 15 is 0 Å². The van der Waals surface area contributed by atoms with Crippen molar-refractivity contribution in [3.63, 3.8) is 0 Å². The van der Waals surface area contributed by atoms with Crippen LogP contribution in [0.5, 0.6) is 0 Å². The van der Waals surface area contributed by atoms with Crippen molar-refractivity contribution in [2.24, 2.45) is 0 Å². The summed E-state index contributed by atoms with van der Waals surface area (Å²) in [4.78, 5) is 79.6. The topological polar surface area (TPSA) is 194 Å². The van der Waals surface area contributed by atoms with Crippen molar-refractivity contribution in [3.05, 3.63) is 29.1 Å². The van der Waals surface area contributed by atoms with Gasteiger partial charge in [-0.05, 0) is 90.6 Å². The molecule has 2 amide bonds. The number of carboxylic acid groups (broad SMARTS) is 3. The number of hydrogen-bond donors (Lipinski definition) is 4. The molecule has 0 aliphatic carbocycles. The minimum absolute atomic E-state index is 0. The maximum absolute atomic E-state index is 13.2. The van der Waals surface area contributed by atoms with Crippen LogP contribution in [0.1, 0.15) is 55.5 Å². The van der Waals surface area contributed by atoms with E-state index in [-0.39, 0.29) is 90.9 Å². The summed E-state index contributed by atoms with van der Waals surface area (Å²) in [6.45, 7) is 8.57. The van der Waals surface area contributed by atoms with E-state index in [2.05, 4.69) is 41.2 Å². The van der Waals surface area contributed by atoms with Crippen LogP contribution in [0, 0.1) is 39.9 Å². The number of pyridine rings is 1. The fourth-order valence-electron chi connectivity index (χ4n) is 6.96. The van der Waals surface area contributed by atoms with Crippen molar-refractivity contribution < 1.29 is 79.2 Å². The Hall–Kier alpha value is -2.42. The number of nitrogens with one attached hydrogen (secondary N) is 1. The number of fused-ring (bicyclic) bond motifs is 2. The third-order valence-electron chi connectivity index (χ3n) is 10.1. The molecule has 1 aromatic heterocycles. The molecule has 0 unspecified atom stereocenters. The molecule has 0 saturated carbocycles. The molecular formula is C38H65GdN9O8. The van der Waals surface area contributed by atoms with Crippen molar-refractivity contribution in [1.82, 2.24) is 44.6 Å². The summed E-state index contributed by atoms with van der Waals surface area (Å²) in [5.74, 6) is -3.03. The summed E-state index contributed by atoms with van der Waals surface area (Å²) in [5, 5.41) is 31.5. The van der Waals surface area contributed by atoms with Crippen LogP contribution in [0.3, 0.4) is 0 Å². The molecule has 17 nitrogen and oxygen atoms in total. The number of nitrogens with zero attached hydrogens (tertiary/aromatic N) is 8. The zero-order chi connectivity index (χ0) is 40.2. The van der Waals surface area contributed by atoms with Gasteiger partial charge in [-0.1, -0.05) is 0 Å². The molecule has 1 fully saturated rings. The largest absolute Gasteiger partial charge is 0.480 e. The molecule has 2 aliphatic rings. The maximum atomic E-state index is 13.2. The number of likely N-dealkylation sites (N-methyl/N-ethyl adjacent to an activating group) is 3. The van der Waals surface area contributed by atoms with E-state index in [0.29, 0.717) is 82.9 Å². The van der Waals surface area contributed by atoms with Crippen LogP contribution in [0.4, 0.5) is 0 Å². The number of aliphatic carboxylic acids is 3. The normalized spacial score (nSPS) is 18.8. The van der Waals surface area contributed by atoms with Crippen molar-refractivity contribution in [2.45, 2.75) is 58.0 Å². The molecule has 0 radical (unpaired) electrons. The van der Waals surface area contributed by atoms with Crippen LogP contribution in [0.15, 0.2) is 12.1 Å². The molecule has 18 heteroatoms. The van der Waals surface area contributed by atoms with Gasteiger partial charge in [0, 0.05) is 131 Å². The Morgan fingerprint density at radius 3 is 1.59 bits per heavy atom. The van der Waals surface area contributed by atoms with E-state index < -0.39 is 17.9 Å². The Balaban J connectivity index is 0.0000108. The molecule has 2 bridgehead atoms. The smallest absolute Gasteiger partial charge is 0.317 e. The second-order valence-electron chi connectivity index (χ2n) is 15.1. The number of rotatable bonds is 14. The summed E-state index contributed by atoms with van der Waals surface area (Å²) in [7, 11) is 6.40. The first-order valence-corrected chi connectivity index (χ1v) is 19.7. The summed E-state index contributed by atoms with van der Waals surface area (Å²) >= 11 is 0. The van der Waals surface area contributed by atoms with Crippen molar-refractivity contribution >= 4 is 29.7 Å². The molecule has 0 spiro atoms. The number of carbonyl (C=O) groups excluding carboxylic acids is 2. The zero-order valence-corrected chi connectivity index (χ0v) is 35.9. The predicted octanol–water partition coefficient (Wildman–Crippen LogP) is -0.108. The van der Waals surface area contributed by atoms with E-state index in [1.165, 1.54) is 0 Å². The fraction of sp³-hybridized carbons (Fsp3) is 0.737. The first kappa shape index (κ1) is 49.7. The SMILES string of the molecule is CN1CCCN(C)CCN(C(=O)CCCC(=O)NCCCc2cc3nc(c2)CN(CC(=O)O)CCN(CC(=O)O)CCN(CC(=O)O)C3)CCCN(C)CC1.[Gd]. The third-order valence-corrected chi connectivity index (χ3v) is 10.1. The Morgan fingerprint density at radius 2 is 1.07 bits per heavy atom. The number of amides is 2. The van der Waals surface area contributed by atoms with Crippen molar-refractivity contribution in [2.75, 3.05) is 126 Å². The van der Waals surface area contributed by atoms with E-state index in [0.717, 1.165) is 57.7 Å². The summed E-state index contributed by atoms with van der Waals surface area (Å²) in [5.41, 5.74) is 2.21. The van der Waals surface area contributed by atoms with Crippen LogP contribution in [-0.2, 0) is 43.5 Å². The molecule has 4 N–H and O–H groups in total. The molecular weight excluding hydrogens is 868 g/mol. The number of carboxylic acids is 3. The Labute approximate surface area is 364 Å². The van der Waals surface area contributed by atoms with Gasteiger partial charge in [0.15, 0.2) is 0 Å². The molecule has 318 valence electrons. The number of aromatic nitrogens is 1. The van der Waals surface area contributed by atoms with Crippen molar-refractivity contribution in [1.29, 1.82) is 0 Å². The molecule has 56 heavy (non-hydrogen) atoms. The van der Waals surface area contributed by atoms with E-state index in [9.17, 15) is 39.3 Å². The average molecular weight is 933 g/mol. The monoisotopic (exact) mass is 933 g/mol. The first-order valence-electron chi connectivity index (χ1n) is 19.7. The van der Waals surface area contributed by atoms with Gasteiger partial charge in [0.2, 0.25) is 11.8 Å². The number of hydrogen-bond acceptors (Lipinski definition) is 12. The minimum Gasteiger partial charge on any atom is -0.480 e. The quantitative estimate of drug-likeness (QED) is 0.181. The molecule has 0 aromatic carbocycles. The number of carbonyl (C=O) groups is 5. The van der Waals surface area contributed by atoms with Gasteiger partial charge in [-0.3, -0.25) is 43.7 Å². The van der Waals surface area contributed by atoms with Gasteiger partial charge in [-0.25, -0.2) is 0 Å². The summed E-state index contributed by atoms with van der Waals surface area (Å²) in [6.07, 6.45) is 4.32. The fourth-order valence-corrected chi connectivity index (χ4v) is 6.96. The minimum atomic E-state index is -1.01. The van der Waals surface area contributed by atoms with E-state index in [1.54, 1.807) is 14.7 Å². The van der Waals surface area contributed by atoms with Crippen molar-refractivity contribution in [3.8, 4) is 0 Å². The van der Waals surface area contributed by atoms with Gasteiger partial charge >= 0.3 is 17.9 Å². The summed E-state index contributed by atoms with van der Waals surface area (Å²) < 4.78 is 0. The predicted molar refractivity (Wildman–Crippen MR) is 208 cm³/mol. The molecule has 3 rings (SSSR count). The second-order valence-corrected chi connectivity index (χ2v) is 15.1. The van der Waals surface area contributed by atoms with Gasteiger partial charge in [0.05, 0.1) is 31.0 Å². The standard InChI is InChI=1S/C38H65N9O8.Gd/c1-41-12-6-13-43(3)18-23-47(15-7-14-42(2)17-16-41)35(49)10-4-9-34(48)39-11-5-8-31-24-32-26-45(29-37(52)53)21-19-44(28-36(50)51)20-22-46(30-38(54)55)27-33(25-31)40-32;/h24-25H,4-23,26-30H2,1-3H3,(H,39,48)(H,50,51)(H,52,53)(H,54,55);. The van der Waals surface area contributed by atoms with Crippen LogP contribution in [0.25, 0.3) is 0 Å². The van der Waals surface area contributed by atoms with E-state index in [4.69, 9.17) is 4.98 Å². The number of aryl methyl sites for hydroxylation is 1. The maximum Gasteiger partial charge on any atom is 0.317 e. The molecule has 1 saturated heterocycles. The van der Waals surface area contributed by atoms with Crippen LogP contribution in [0.2, 0.25) is 0 Å². The van der Waals surface area contributed by atoms with Gasteiger partial charge in [-0.15, -0.1) is 0 Å². The molecule has 1 aromatic rings. The second kappa shape index (κ2) is 27.3. The molecule has 2 aliphatic heterocycles. The third kappa shape index (κ3) is 21.4. The summed E-state index contributed by atoms with van der Waals surface area (Å²) in [6, 6.07) is 3.81. The first-order chi connectivity index (χ1) is 26.2. The molecule has 3 heterocycles. The van der Waals surface area contributed by atoms with Crippen LogP contribution >= 0.6 is 0 Å². The Kier molecular flexibility index (Phi) is 24.2. The van der Waals surface area contributed by atoms with Gasteiger partial charge in [0.1, 0.15) is 0 Å². The van der Waals surface area contributed by atoms with Crippen LogP contribution < -0.4 is 5.32 Å². The van der Waals surface area contributed by atoms with E-state index in [1.807, 2.05) is 17.0 Å². The average Bonchev–Trinajstić information content (AvgIpc) is 3.10. The Morgan fingerprint density at radius 1 is 0.607 bits per heavy atom. The molecule has 0 atom stereocenters. The zero-order valence-electron chi connectivity index (χ0n) is 33.6. The van der Waals surface area contributed by atoms with Gasteiger partial charge in [-0.2, -0.15) is 0 Å². The van der Waals surface area contributed by atoms with Gasteiger partial charge < -0.3 is 40.2 Å². The van der Waals surface area contributed by atoms with Gasteiger partial charge in [0.25, 0.3) is 0 Å². The van der Waals surface area contributed by atoms with Crippen LogP contribution in [-0.4, -0.2) is 210 Å².